The molecule has 1 saturated carbocycles. The molecule has 5 nitrogen and oxygen atoms in total. The van der Waals surface area contributed by atoms with Crippen molar-refractivity contribution in [1.29, 1.82) is 0 Å². The topological polar surface area (TPSA) is 83.8 Å². The molecule has 1 aromatic rings. The van der Waals surface area contributed by atoms with Crippen molar-refractivity contribution >= 4 is 46.4 Å². The highest BCUT2D eigenvalue weighted by Crippen LogP contribution is 2.60. The first-order valence-corrected chi connectivity index (χ1v) is 12.3. The number of hydrogen-bond acceptors (Lipinski definition) is 5. The lowest BCUT2D eigenvalue weighted by Crippen LogP contribution is -2.73. The zero-order chi connectivity index (χ0) is 24.7. The van der Waals surface area contributed by atoms with Crippen LogP contribution in [0.15, 0.2) is 24.3 Å². The Morgan fingerprint density at radius 2 is 1.73 bits per heavy atom. The van der Waals surface area contributed by atoms with E-state index in [1.165, 1.54) is 6.07 Å². The Labute approximate surface area is 209 Å². The fraction of sp³-hybridized carbons (Fsp3) is 0.600. The zero-order valence-corrected chi connectivity index (χ0v) is 21.4. The summed E-state index contributed by atoms with van der Waals surface area (Å²) in [5.41, 5.74) is -2.62. The summed E-state index contributed by atoms with van der Waals surface area (Å²) in [4.78, 5) is 26.2. The van der Waals surface area contributed by atoms with Crippen molar-refractivity contribution in [1.82, 2.24) is 0 Å². The maximum atomic E-state index is 14.2. The van der Waals surface area contributed by atoms with Crippen LogP contribution >= 0.6 is 34.8 Å². The van der Waals surface area contributed by atoms with Crippen LogP contribution in [0.25, 0.3) is 0 Å². The predicted octanol–water partition coefficient (Wildman–Crippen LogP) is 5.99. The van der Waals surface area contributed by atoms with E-state index < -0.39 is 44.2 Å². The largest absolute Gasteiger partial charge is 0.508 e. The first-order valence-electron chi connectivity index (χ1n) is 11.1. The molecule has 1 aromatic carbocycles. The van der Waals surface area contributed by atoms with Crippen molar-refractivity contribution < 1.29 is 24.5 Å². The molecule has 4 rings (SSSR count). The van der Waals surface area contributed by atoms with Gasteiger partial charge in [-0.05, 0) is 56.9 Å². The smallest absolute Gasteiger partial charge is 0.198 e. The number of aromatic hydroxyl groups is 2. The monoisotopic (exact) mass is 514 g/mol. The van der Waals surface area contributed by atoms with Gasteiger partial charge in [0.25, 0.3) is 0 Å². The summed E-state index contributed by atoms with van der Waals surface area (Å²) in [6, 6.07) is 2.20. The van der Waals surface area contributed by atoms with Crippen LogP contribution in [0.4, 0.5) is 0 Å². The number of hydrogen-bond donors (Lipinski definition) is 2. The molecule has 2 N–H and O–H groups in total. The van der Waals surface area contributed by atoms with Crippen molar-refractivity contribution in [3.8, 4) is 11.5 Å². The number of ether oxygens (including phenoxy) is 1. The van der Waals surface area contributed by atoms with Crippen molar-refractivity contribution in [3.05, 3.63) is 35.4 Å². The molecule has 0 spiro atoms. The second-order valence-corrected chi connectivity index (χ2v) is 12.5. The average molecular weight is 516 g/mol. The second kappa shape index (κ2) is 7.61. The molecule has 3 aliphatic rings. The number of rotatable bonds is 2. The molecule has 1 unspecified atom stereocenters. The predicted molar refractivity (Wildman–Crippen MR) is 129 cm³/mol. The lowest BCUT2D eigenvalue weighted by atomic mass is 9.57. The van der Waals surface area contributed by atoms with Gasteiger partial charge in [0.1, 0.15) is 16.4 Å². The Bertz CT molecular complexity index is 1060. The number of carbonyl (C=O) groups excluding carboxylic acids is 2. The minimum atomic E-state index is -1.84. The molecule has 0 radical (unpaired) electrons. The van der Waals surface area contributed by atoms with Gasteiger partial charge >= 0.3 is 0 Å². The molecule has 2 fully saturated rings. The first-order chi connectivity index (χ1) is 15.1. The van der Waals surface area contributed by atoms with Crippen molar-refractivity contribution in [2.24, 2.45) is 11.3 Å². The van der Waals surface area contributed by atoms with Gasteiger partial charge in [-0.15, -0.1) is 34.8 Å². The summed E-state index contributed by atoms with van der Waals surface area (Å²) in [5.74, 6) is -2.30. The van der Waals surface area contributed by atoms with Crippen LogP contribution < -0.4 is 0 Å². The highest BCUT2D eigenvalue weighted by Gasteiger charge is 2.71. The standard InChI is InChI=1S/C25H29Cl3O5/c1-12-6-7-17(26)22(2,3)15(12)10-25-20(31)14-8-13(29)9-16(30)19(14)21(32)24(25,28)11-18(27)23(4,5)33-25/h8-9,15,17-18,29-30H,1,6-7,10-11H2,2-5H3/t15-,17+,18-,24?,25+/m1/s1. The van der Waals surface area contributed by atoms with Gasteiger partial charge in [-0.2, -0.15) is 0 Å². The van der Waals surface area contributed by atoms with E-state index in [9.17, 15) is 19.8 Å². The maximum Gasteiger partial charge on any atom is 0.198 e. The maximum absolute atomic E-state index is 14.2. The van der Waals surface area contributed by atoms with Gasteiger partial charge in [0.15, 0.2) is 17.2 Å². The minimum Gasteiger partial charge on any atom is -0.508 e. The normalized spacial score (nSPS) is 37.4. The number of carbonyl (C=O) groups is 2. The first kappa shape index (κ1) is 24.8. The van der Waals surface area contributed by atoms with Crippen LogP contribution in [0.2, 0.25) is 0 Å². The lowest BCUT2D eigenvalue weighted by Gasteiger charge is -2.59. The molecular formula is C25H29Cl3O5. The van der Waals surface area contributed by atoms with E-state index in [1.807, 2.05) is 13.8 Å². The van der Waals surface area contributed by atoms with Crippen molar-refractivity contribution in [3.63, 3.8) is 0 Å². The number of allylic oxidation sites excluding steroid dienone is 1. The molecule has 180 valence electrons. The Balaban J connectivity index is 1.97. The summed E-state index contributed by atoms with van der Waals surface area (Å²) >= 11 is 20.4. The van der Waals surface area contributed by atoms with Crippen LogP contribution in [0.3, 0.4) is 0 Å². The molecular weight excluding hydrogens is 487 g/mol. The van der Waals surface area contributed by atoms with Crippen LogP contribution in [0.5, 0.6) is 11.5 Å². The van der Waals surface area contributed by atoms with Crippen molar-refractivity contribution in [2.75, 3.05) is 0 Å². The number of phenols is 2. The van der Waals surface area contributed by atoms with Crippen LogP contribution in [0, 0.1) is 11.3 Å². The Morgan fingerprint density at radius 1 is 1.09 bits per heavy atom. The molecule has 8 heteroatoms. The van der Waals surface area contributed by atoms with E-state index in [0.717, 1.165) is 18.1 Å². The summed E-state index contributed by atoms with van der Waals surface area (Å²) in [5, 5.41) is 19.7. The molecule has 1 saturated heterocycles. The number of halogens is 3. The molecule has 1 heterocycles. The van der Waals surface area contributed by atoms with Gasteiger partial charge in [-0.1, -0.05) is 26.0 Å². The van der Waals surface area contributed by atoms with Gasteiger partial charge in [-0.3, -0.25) is 9.59 Å². The van der Waals surface area contributed by atoms with E-state index in [2.05, 4.69) is 6.58 Å². The Morgan fingerprint density at radius 3 is 2.36 bits per heavy atom. The molecule has 33 heavy (non-hydrogen) atoms. The Hall–Kier alpha value is -1.27. The van der Waals surface area contributed by atoms with Gasteiger partial charge < -0.3 is 14.9 Å². The van der Waals surface area contributed by atoms with Gasteiger partial charge in [0, 0.05) is 17.0 Å². The summed E-state index contributed by atoms with van der Waals surface area (Å²) < 4.78 is 6.50. The van der Waals surface area contributed by atoms with E-state index >= 15 is 0 Å². The molecule has 2 aliphatic carbocycles. The fourth-order valence-corrected chi connectivity index (χ4v) is 6.86. The molecule has 0 aromatic heterocycles. The SMILES string of the molecule is C=C1CC[C@H](Cl)C(C)(C)[C@@H]1C[C@@]12OC(C)(C)[C@H](Cl)CC1(Cl)C(=O)c1c(O)cc(O)cc1C2=O. The number of benzene rings is 1. The van der Waals surface area contributed by atoms with E-state index in [0.29, 0.717) is 6.42 Å². The quantitative estimate of drug-likeness (QED) is 0.373. The molecule has 0 amide bonds. The van der Waals surface area contributed by atoms with Crippen LogP contribution in [-0.4, -0.2) is 48.6 Å². The van der Waals surface area contributed by atoms with E-state index in [-0.39, 0.29) is 41.0 Å². The highest BCUT2D eigenvalue weighted by atomic mass is 35.5. The van der Waals surface area contributed by atoms with Crippen molar-refractivity contribution in [2.45, 2.75) is 80.2 Å². The molecule has 5 atom stereocenters. The average Bonchev–Trinajstić information content (AvgIpc) is 2.69. The number of fused-ring (bicyclic) bond motifs is 2. The number of Topliss-reactive ketones (excluding diaryl/α,β-unsaturated/α-hetero) is 2. The molecule has 0 bridgehead atoms. The third kappa shape index (κ3) is 3.37. The van der Waals surface area contributed by atoms with E-state index in [4.69, 9.17) is 39.5 Å². The Kier molecular flexibility index (Phi) is 5.73. The summed E-state index contributed by atoms with van der Waals surface area (Å²) in [6.45, 7) is 11.8. The lowest BCUT2D eigenvalue weighted by molar-refractivity contribution is -0.169. The third-order valence-corrected chi connectivity index (χ3v) is 10.1. The highest BCUT2D eigenvalue weighted by molar-refractivity contribution is 6.45. The zero-order valence-electron chi connectivity index (χ0n) is 19.2. The third-order valence-electron chi connectivity index (χ3n) is 8.00. The second-order valence-electron chi connectivity index (χ2n) is 10.8. The van der Waals surface area contributed by atoms with E-state index in [1.54, 1.807) is 13.8 Å². The molecule has 1 aliphatic heterocycles. The van der Waals surface area contributed by atoms with Crippen LogP contribution in [0.1, 0.15) is 74.1 Å². The van der Waals surface area contributed by atoms with Gasteiger partial charge in [0.05, 0.1) is 16.5 Å². The summed E-state index contributed by atoms with van der Waals surface area (Å²) in [7, 11) is 0. The van der Waals surface area contributed by atoms with Gasteiger partial charge in [0.2, 0.25) is 0 Å². The summed E-state index contributed by atoms with van der Waals surface area (Å²) in [6.07, 6.45) is 1.50. The number of phenolic OH excluding ortho intramolecular Hbond substituents is 2. The minimum absolute atomic E-state index is 0.0304. The number of ketones is 2. The number of alkyl halides is 3. The van der Waals surface area contributed by atoms with Crippen LogP contribution in [-0.2, 0) is 4.74 Å². The van der Waals surface area contributed by atoms with Gasteiger partial charge in [-0.25, -0.2) is 0 Å². The fourth-order valence-electron chi connectivity index (χ4n) is 5.79.